The van der Waals surface area contributed by atoms with E-state index in [0.29, 0.717) is 6.54 Å². The number of nitro benzene ring substituents is 1. The zero-order valence-corrected chi connectivity index (χ0v) is 14.9. The van der Waals surface area contributed by atoms with Crippen molar-refractivity contribution in [1.29, 1.82) is 0 Å². The maximum absolute atomic E-state index is 11.3. The average Bonchev–Trinajstić information content (AvgIpc) is 3.05. The fourth-order valence-electron chi connectivity index (χ4n) is 3.86. The minimum atomic E-state index is -0.355. The summed E-state index contributed by atoms with van der Waals surface area (Å²) in [7, 11) is 0. The van der Waals surface area contributed by atoms with E-state index in [1.165, 1.54) is 6.07 Å². The van der Waals surface area contributed by atoms with Gasteiger partial charge in [0.15, 0.2) is 0 Å². The SMILES string of the molecule is O=[N+]([O-])c1cccc([C@@H]2c3cccn3CCCN2Cc2ccccc2O)c1. The van der Waals surface area contributed by atoms with Crippen LogP contribution in [0.2, 0.25) is 0 Å². The maximum Gasteiger partial charge on any atom is 0.269 e. The number of aryl methyl sites for hydroxylation is 1. The molecule has 1 atom stereocenters. The first-order valence-electron chi connectivity index (χ1n) is 9.04. The molecule has 3 aromatic rings. The van der Waals surface area contributed by atoms with Gasteiger partial charge in [-0.3, -0.25) is 15.0 Å². The van der Waals surface area contributed by atoms with E-state index in [1.54, 1.807) is 18.2 Å². The van der Waals surface area contributed by atoms with E-state index in [0.717, 1.165) is 36.3 Å². The number of fused-ring (bicyclic) bond motifs is 1. The third kappa shape index (κ3) is 3.44. The molecular formula is C21H21N3O3. The Bertz CT molecular complexity index is 967. The predicted molar refractivity (Wildman–Crippen MR) is 103 cm³/mol. The number of benzene rings is 2. The number of nitro groups is 1. The van der Waals surface area contributed by atoms with Crippen LogP contribution in [0.5, 0.6) is 5.75 Å². The summed E-state index contributed by atoms with van der Waals surface area (Å²) in [6, 6.07) is 18.2. The highest BCUT2D eigenvalue weighted by atomic mass is 16.6. The number of nitrogens with zero attached hydrogens (tertiary/aromatic N) is 3. The lowest BCUT2D eigenvalue weighted by Gasteiger charge is -2.30. The second-order valence-corrected chi connectivity index (χ2v) is 6.83. The van der Waals surface area contributed by atoms with Crippen LogP contribution in [0, 0.1) is 10.1 Å². The summed E-state index contributed by atoms with van der Waals surface area (Å²) in [6.07, 6.45) is 3.03. The van der Waals surface area contributed by atoms with Crippen molar-refractivity contribution in [3.63, 3.8) is 0 Å². The van der Waals surface area contributed by atoms with Gasteiger partial charge in [0.25, 0.3) is 5.69 Å². The Labute approximate surface area is 157 Å². The first kappa shape index (κ1) is 17.3. The van der Waals surface area contributed by atoms with Gasteiger partial charge in [-0.2, -0.15) is 0 Å². The van der Waals surface area contributed by atoms with Gasteiger partial charge in [-0.25, -0.2) is 0 Å². The quantitative estimate of drug-likeness (QED) is 0.560. The first-order valence-corrected chi connectivity index (χ1v) is 9.04. The maximum atomic E-state index is 11.3. The van der Waals surface area contributed by atoms with Crippen molar-refractivity contribution in [2.75, 3.05) is 6.54 Å². The van der Waals surface area contributed by atoms with Crippen LogP contribution in [0.15, 0.2) is 66.9 Å². The zero-order chi connectivity index (χ0) is 18.8. The van der Waals surface area contributed by atoms with E-state index in [2.05, 4.69) is 21.7 Å². The summed E-state index contributed by atoms with van der Waals surface area (Å²) in [6.45, 7) is 2.32. The number of para-hydroxylation sites is 1. The molecular weight excluding hydrogens is 342 g/mol. The molecule has 0 unspecified atom stereocenters. The molecule has 0 spiro atoms. The number of non-ortho nitro benzene ring substituents is 1. The molecule has 0 bridgehead atoms. The summed E-state index contributed by atoms with van der Waals surface area (Å²) in [5.41, 5.74) is 2.95. The highest BCUT2D eigenvalue weighted by Crippen LogP contribution is 2.35. The van der Waals surface area contributed by atoms with E-state index in [-0.39, 0.29) is 22.4 Å². The second kappa shape index (κ2) is 7.25. The predicted octanol–water partition coefficient (Wildman–Crippen LogP) is 4.10. The topological polar surface area (TPSA) is 71.5 Å². The Morgan fingerprint density at radius 2 is 1.93 bits per heavy atom. The molecule has 6 nitrogen and oxygen atoms in total. The fraction of sp³-hybridized carbons (Fsp3) is 0.238. The van der Waals surface area contributed by atoms with Gasteiger partial charge >= 0.3 is 0 Å². The number of rotatable bonds is 4. The van der Waals surface area contributed by atoms with Gasteiger partial charge in [-0.1, -0.05) is 30.3 Å². The molecule has 2 heterocycles. The smallest absolute Gasteiger partial charge is 0.269 e. The molecule has 0 amide bonds. The molecule has 1 aromatic heterocycles. The molecule has 2 aromatic carbocycles. The number of phenolic OH excluding ortho intramolecular Hbond substituents is 1. The normalized spacial score (nSPS) is 17.3. The Kier molecular flexibility index (Phi) is 4.64. The fourth-order valence-corrected chi connectivity index (χ4v) is 3.86. The molecule has 0 fully saturated rings. The van der Waals surface area contributed by atoms with Crippen molar-refractivity contribution in [1.82, 2.24) is 9.47 Å². The number of aromatic nitrogens is 1. The standard InChI is InChI=1S/C21H21N3O3/c25-20-10-2-1-6-17(20)15-23-13-5-12-22-11-4-9-19(22)21(23)16-7-3-8-18(14-16)24(26)27/h1-4,6-11,14,21,25H,5,12-13,15H2/t21-/m1/s1. The molecule has 138 valence electrons. The van der Waals surface area contributed by atoms with Crippen molar-refractivity contribution < 1.29 is 10.0 Å². The Morgan fingerprint density at radius 1 is 1.07 bits per heavy atom. The van der Waals surface area contributed by atoms with Gasteiger partial charge in [0.1, 0.15) is 5.75 Å². The van der Waals surface area contributed by atoms with Crippen LogP contribution in [0.1, 0.15) is 29.3 Å². The third-order valence-corrected chi connectivity index (χ3v) is 5.12. The number of aromatic hydroxyl groups is 1. The largest absolute Gasteiger partial charge is 0.508 e. The lowest BCUT2D eigenvalue weighted by molar-refractivity contribution is -0.384. The molecule has 1 aliphatic heterocycles. The van der Waals surface area contributed by atoms with Crippen molar-refractivity contribution in [3.05, 3.63) is 93.8 Å². The van der Waals surface area contributed by atoms with E-state index >= 15 is 0 Å². The Balaban J connectivity index is 1.78. The lowest BCUT2D eigenvalue weighted by atomic mass is 10.0. The molecule has 6 heteroatoms. The van der Waals surface area contributed by atoms with Crippen LogP contribution in [0.25, 0.3) is 0 Å². The van der Waals surface area contributed by atoms with E-state index in [4.69, 9.17) is 0 Å². The minimum Gasteiger partial charge on any atom is -0.508 e. The molecule has 0 radical (unpaired) electrons. The first-order chi connectivity index (χ1) is 13.1. The molecule has 1 aliphatic rings. The van der Waals surface area contributed by atoms with Gasteiger partial charge in [0, 0.05) is 49.2 Å². The Hall–Kier alpha value is -3.12. The Morgan fingerprint density at radius 3 is 2.74 bits per heavy atom. The van der Waals surface area contributed by atoms with Crippen LogP contribution in [0.4, 0.5) is 5.69 Å². The molecule has 4 rings (SSSR count). The number of hydrogen-bond donors (Lipinski definition) is 1. The second-order valence-electron chi connectivity index (χ2n) is 6.83. The average molecular weight is 363 g/mol. The van der Waals surface area contributed by atoms with Crippen LogP contribution < -0.4 is 0 Å². The summed E-state index contributed by atoms with van der Waals surface area (Å²) in [5.74, 6) is 0.273. The zero-order valence-electron chi connectivity index (χ0n) is 14.9. The number of hydrogen-bond acceptors (Lipinski definition) is 4. The van der Waals surface area contributed by atoms with Crippen LogP contribution in [-0.2, 0) is 13.1 Å². The van der Waals surface area contributed by atoms with Crippen molar-refractivity contribution in [2.45, 2.75) is 25.6 Å². The highest BCUT2D eigenvalue weighted by Gasteiger charge is 2.28. The monoisotopic (exact) mass is 363 g/mol. The van der Waals surface area contributed by atoms with Crippen molar-refractivity contribution in [3.8, 4) is 5.75 Å². The van der Waals surface area contributed by atoms with Crippen molar-refractivity contribution in [2.24, 2.45) is 0 Å². The number of phenols is 1. The van der Waals surface area contributed by atoms with Gasteiger partial charge in [-0.15, -0.1) is 0 Å². The summed E-state index contributed by atoms with van der Waals surface area (Å²) >= 11 is 0. The van der Waals surface area contributed by atoms with Gasteiger partial charge in [0.2, 0.25) is 0 Å². The van der Waals surface area contributed by atoms with Gasteiger partial charge in [0.05, 0.1) is 11.0 Å². The highest BCUT2D eigenvalue weighted by molar-refractivity contribution is 5.40. The van der Waals surface area contributed by atoms with E-state index < -0.39 is 0 Å². The summed E-state index contributed by atoms with van der Waals surface area (Å²) in [5, 5.41) is 21.5. The summed E-state index contributed by atoms with van der Waals surface area (Å²) < 4.78 is 2.22. The van der Waals surface area contributed by atoms with E-state index in [9.17, 15) is 15.2 Å². The van der Waals surface area contributed by atoms with Crippen molar-refractivity contribution >= 4 is 5.69 Å². The molecule has 27 heavy (non-hydrogen) atoms. The minimum absolute atomic E-state index is 0.0948. The molecule has 0 saturated carbocycles. The van der Waals surface area contributed by atoms with E-state index in [1.807, 2.05) is 30.3 Å². The van der Waals surface area contributed by atoms with Crippen LogP contribution in [0.3, 0.4) is 0 Å². The third-order valence-electron chi connectivity index (χ3n) is 5.12. The summed E-state index contributed by atoms with van der Waals surface area (Å²) in [4.78, 5) is 13.2. The van der Waals surface area contributed by atoms with Gasteiger partial charge < -0.3 is 9.67 Å². The molecule has 0 aliphatic carbocycles. The van der Waals surface area contributed by atoms with Crippen LogP contribution >= 0.6 is 0 Å². The van der Waals surface area contributed by atoms with Gasteiger partial charge in [-0.05, 0) is 30.2 Å². The molecule has 0 saturated heterocycles. The molecule has 1 N–H and O–H groups in total. The lowest BCUT2D eigenvalue weighted by Crippen LogP contribution is -2.29. The van der Waals surface area contributed by atoms with Crippen LogP contribution in [-0.4, -0.2) is 26.0 Å².